The highest BCUT2D eigenvalue weighted by atomic mass is 35.5. The van der Waals surface area contributed by atoms with Crippen LogP contribution in [0.3, 0.4) is 0 Å². The van der Waals surface area contributed by atoms with E-state index in [0.717, 1.165) is 36.8 Å². The molecule has 7 heteroatoms. The molecular weight excluding hydrogens is 266 g/mol. The molecule has 6 nitrogen and oxygen atoms in total. The minimum atomic E-state index is 0. The zero-order valence-corrected chi connectivity index (χ0v) is 11.2. The van der Waals surface area contributed by atoms with E-state index in [1.54, 1.807) is 18.4 Å². The first-order valence-electron chi connectivity index (χ1n) is 6.13. The Labute approximate surface area is 117 Å². The van der Waals surface area contributed by atoms with E-state index in [9.17, 15) is 5.21 Å². The Morgan fingerprint density at radius 1 is 1.21 bits per heavy atom. The largest absolute Gasteiger partial charge is 0.317 e. The molecule has 2 N–H and O–H groups in total. The second kappa shape index (κ2) is 6.10. The molecule has 102 valence electrons. The first-order chi connectivity index (χ1) is 8.84. The van der Waals surface area contributed by atoms with Gasteiger partial charge in [0, 0.05) is 12.1 Å². The molecule has 0 aromatic rings. The summed E-state index contributed by atoms with van der Waals surface area (Å²) >= 11 is 0. The van der Waals surface area contributed by atoms with Gasteiger partial charge in [-0.3, -0.25) is 5.21 Å². The predicted octanol–water partition coefficient (Wildman–Crippen LogP) is 2.22. The van der Waals surface area contributed by atoms with Crippen LogP contribution in [0.1, 0.15) is 12.8 Å². The zero-order valence-electron chi connectivity index (χ0n) is 10.4. The summed E-state index contributed by atoms with van der Waals surface area (Å²) in [4.78, 5) is 4.43. The summed E-state index contributed by atoms with van der Waals surface area (Å²) < 4.78 is 0. The fraction of sp³-hybridized carbons (Fsp3) is 0.417. The van der Waals surface area contributed by atoms with Gasteiger partial charge in [-0.1, -0.05) is 6.08 Å². The highest BCUT2D eigenvalue weighted by Gasteiger charge is 2.24. The van der Waals surface area contributed by atoms with Gasteiger partial charge in [0.1, 0.15) is 5.70 Å². The number of nitrogens with zero attached hydrogens (tertiary/aromatic N) is 4. The average Bonchev–Trinajstić information content (AvgIpc) is 2.90. The summed E-state index contributed by atoms with van der Waals surface area (Å²) in [5.41, 5.74) is 0.560. The maximum Gasteiger partial charge on any atom is 0.202 e. The highest BCUT2D eigenvalue weighted by molar-refractivity contribution is 5.87. The molecular formula is C12H16ClN5O. The Morgan fingerprint density at radius 3 is 2.74 bits per heavy atom. The van der Waals surface area contributed by atoms with Crippen molar-refractivity contribution in [3.05, 3.63) is 35.9 Å². The topological polar surface area (TPSA) is 72.6 Å². The Kier molecular flexibility index (Phi) is 4.47. The van der Waals surface area contributed by atoms with Gasteiger partial charge < -0.3 is 5.32 Å². The average molecular weight is 282 g/mol. The third kappa shape index (κ3) is 2.91. The molecule has 0 radical (unpaired) electrons. The molecule has 3 rings (SSSR count). The molecule has 1 saturated heterocycles. The van der Waals surface area contributed by atoms with E-state index in [2.05, 4.69) is 20.5 Å². The standard InChI is InChI=1S/C12H15N5O.ClH/c18-17-8-2-1-3-10(17)12-14-11(15-16-12)9-4-6-13-7-5-9;/h1-3,8-9,13,18H,4-7H2;1H. The predicted molar refractivity (Wildman–Crippen MR) is 74.1 cm³/mol. The van der Waals surface area contributed by atoms with Gasteiger partial charge in [0.25, 0.3) is 0 Å². The van der Waals surface area contributed by atoms with E-state index in [4.69, 9.17) is 0 Å². The van der Waals surface area contributed by atoms with Crippen molar-refractivity contribution in [1.29, 1.82) is 0 Å². The Bertz CT molecular complexity index is 488. The van der Waals surface area contributed by atoms with Crippen LogP contribution in [0.15, 0.2) is 51.2 Å². The molecule has 0 amide bonds. The monoisotopic (exact) mass is 281 g/mol. The normalized spacial score (nSPS) is 26.6. The number of hydrogen-bond donors (Lipinski definition) is 2. The van der Waals surface area contributed by atoms with Crippen molar-refractivity contribution < 1.29 is 5.21 Å². The van der Waals surface area contributed by atoms with Gasteiger partial charge in [-0.25, -0.2) is 10.1 Å². The number of piperidine rings is 1. The molecule has 0 aromatic carbocycles. The first-order valence-corrected chi connectivity index (χ1v) is 6.13. The van der Waals surface area contributed by atoms with Crippen LogP contribution in [0.25, 0.3) is 0 Å². The van der Waals surface area contributed by atoms with Crippen LogP contribution in [0, 0.1) is 5.92 Å². The van der Waals surface area contributed by atoms with Crippen molar-refractivity contribution in [2.24, 2.45) is 21.1 Å². The number of hydrogen-bond acceptors (Lipinski definition) is 6. The maximum atomic E-state index is 9.68. The third-order valence-electron chi connectivity index (χ3n) is 3.24. The summed E-state index contributed by atoms with van der Waals surface area (Å²) in [6.07, 6.45) is 8.98. The Balaban J connectivity index is 0.00000133. The number of allylic oxidation sites excluding steroid dienone is 3. The van der Waals surface area contributed by atoms with Crippen molar-refractivity contribution in [3.63, 3.8) is 0 Å². The van der Waals surface area contributed by atoms with Crippen molar-refractivity contribution in [1.82, 2.24) is 10.4 Å². The van der Waals surface area contributed by atoms with E-state index in [1.165, 1.54) is 0 Å². The number of azo groups is 1. The lowest BCUT2D eigenvalue weighted by Crippen LogP contribution is -2.30. The number of amidine groups is 1. The van der Waals surface area contributed by atoms with Gasteiger partial charge in [0.15, 0.2) is 5.84 Å². The summed E-state index contributed by atoms with van der Waals surface area (Å²) in [6, 6.07) is 0. The molecule has 3 aliphatic rings. The van der Waals surface area contributed by atoms with Gasteiger partial charge in [-0.15, -0.1) is 22.6 Å². The molecule has 0 atom stereocenters. The van der Waals surface area contributed by atoms with Crippen LogP contribution in [0.4, 0.5) is 0 Å². The molecule has 1 fully saturated rings. The minimum absolute atomic E-state index is 0. The van der Waals surface area contributed by atoms with Crippen LogP contribution in [0.2, 0.25) is 0 Å². The second-order valence-electron chi connectivity index (χ2n) is 4.45. The molecule has 3 heterocycles. The smallest absolute Gasteiger partial charge is 0.202 e. The van der Waals surface area contributed by atoms with Crippen LogP contribution >= 0.6 is 12.4 Å². The van der Waals surface area contributed by atoms with E-state index in [1.807, 2.05) is 6.08 Å². The molecule has 0 unspecified atom stereocenters. The molecule has 19 heavy (non-hydrogen) atoms. The third-order valence-corrected chi connectivity index (χ3v) is 3.24. The second-order valence-corrected chi connectivity index (χ2v) is 4.45. The van der Waals surface area contributed by atoms with Gasteiger partial charge in [0.05, 0.1) is 0 Å². The zero-order chi connectivity index (χ0) is 12.4. The molecule has 0 aliphatic carbocycles. The van der Waals surface area contributed by atoms with Crippen molar-refractivity contribution in [2.45, 2.75) is 12.8 Å². The van der Waals surface area contributed by atoms with Crippen LogP contribution < -0.4 is 5.32 Å². The quantitative estimate of drug-likeness (QED) is 0.774. The number of halogens is 1. The van der Waals surface area contributed by atoms with Crippen LogP contribution in [0.5, 0.6) is 0 Å². The van der Waals surface area contributed by atoms with Crippen LogP contribution in [-0.4, -0.2) is 29.2 Å². The van der Waals surface area contributed by atoms with Gasteiger partial charge in [0.2, 0.25) is 5.82 Å². The molecule has 0 aromatic heterocycles. The number of rotatable bonds is 1. The number of nitrogens with one attached hydrogen (secondary N) is 1. The Hall–Kier alpha value is -1.50. The molecule has 3 aliphatic heterocycles. The van der Waals surface area contributed by atoms with Gasteiger partial charge in [-0.05, 0) is 38.1 Å². The van der Waals surface area contributed by atoms with Gasteiger partial charge in [-0.2, -0.15) is 0 Å². The minimum Gasteiger partial charge on any atom is -0.317 e. The highest BCUT2D eigenvalue weighted by Crippen LogP contribution is 2.25. The molecule has 0 spiro atoms. The van der Waals surface area contributed by atoms with Gasteiger partial charge >= 0.3 is 0 Å². The van der Waals surface area contributed by atoms with Crippen molar-refractivity contribution in [3.8, 4) is 0 Å². The summed E-state index contributed by atoms with van der Waals surface area (Å²) in [6.45, 7) is 2.00. The van der Waals surface area contributed by atoms with E-state index < -0.39 is 0 Å². The fourth-order valence-electron chi connectivity index (χ4n) is 2.22. The maximum absolute atomic E-state index is 9.68. The lowest BCUT2D eigenvalue weighted by atomic mass is 9.97. The molecule has 0 bridgehead atoms. The fourth-order valence-corrected chi connectivity index (χ4v) is 2.22. The molecule has 0 saturated carbocycles. The van der Waals surface area contributed by atoms with Crippen LogP contribution in [-0.2, 0) is 0 Å². The summed E-state index contributed by atoms with van der Waals surface area (Å²) in [5.74, 6) is 1.64. The van der Waals surface area contributed by atoms with Crippen molar-refractivity contribution >= 4 is 18.2 Å². The van der Waals surface area contributed by atoms with E-state index in [0.29, 0.717) is 17.4 Å². The van der Waals surface area contributed by atoms with Crippen molar-refractivity contribution in [2.75, 3.05) is 13.1 Å². The SMILES string of the molecule is Cl.ON1C=CC=CC1=C1N=NC(C2CCNCC2)=N1. The van der Waals surface area contributed by atoms with E-state index in [-0.39, 0.29) is 12.4 Å². The lowest BCUT2D eigenvalue weighted by Gasteiger charge is -2.20. The first kappa shape index (κ1) is 13.9. The lowest BCUT2D eigenvalue weighted by molar-refractivity contribution is -0.00153. The van der Waals surface area contributed by atoms with E-state index >= 15 is 0 Å². The Morgan fingerprint density at radius 2 is 2.00 bits per heavy atom. The summed E-state index contributed by atoms with van der Waals surface area (Å²) in [5, 5.41) is 22.2. The summed E-state index contributed by atoms with van der Waals surface area (Å²) in [7, 11) is 0. The number of hydroxylamine groups is 2. The number of aliphatic imine (C=N–C) groups is 1.